The van der Waals surface area contributed by atoms with Crippen LogP contribution >= 0.6 is 0 Å². The summed E-state index contributed by atoms with van der Waals surface area (Å²) in [7, 11) is 0. The Hall–Kier alpha value is -2.69. The van der Waals surface area contributed by atoms with Gasteiger partial charge in [-0.25, -0.2) is 4.39 Å². The summed E-state index contributed by atoms with van der Waals surface area (Å²) in [5.74, 6) is -0.234. The van der Waals surface area contributed by atoms with E-state index < -0.39 is 0 Å². The number of rotatable bonds is 6. The molecule has 0 spiro atoms. The molecule has 1 aliphatic heterocycles. The van der Waals surface area contributed by atoms with E-state index in [-0.39, 0.29) is 17.6 Å². The zero-order valence-electron chi connectivity index (χ0n) is 15.7. The maximum atomic E-state index is 13.0. The van der Waals surface area contributed by atoms with Crippen LogP contribution in [-0.4, -0.2) is 41.2 Å². The maximum absolute atomic E-state index is 13.0. The number of carbonyl (C=O) groups excluding carboxylic acids is 2. The van der Waals surface area contributed by atoms with Crippen LogP contribution in [0.2, 0.25) is 0 Å². The van der Waals surface area contributed by atoms with E-state index in [9.17, 15) is 14.0 Å². The van der Waals surface area contributed by atoms with Gasteiger partial charge >= 0.3 is 0 Å². The SMILES string of the molecule is CC(=O)N(CCC(=O)N1CCc2ccccc2C1)CCc1ccc(F)cc1. The first-order valence-electron chi connectivity index (χ1n) is 9.37. The van der Waals surface area contributed by atoms with Crippen molar-refractivity contribution in [2.75, 3.05) is 19.6 Å². The lowest BCUT2D eigenvalue weighted by atomic mass is 10.00. The number of hydrogen-bond acceptors (Lipinski definition) is 2. The molecule has 142 valence electrons. The van der Waals surface area contributed by atoms with Crippen molar-refractivity contribution in [3.63, 3.8) is 0 Å². The highest BCUT2D eigenvalue weighted by molar-refractivity contribution is 5.78. The monoisotopic (exact) mass is 368 g/mol. The number of fused-ring (bicyclic) bond motifs is 1. The van der Waals surface area contributed by atoms with Gasteiger partial charge in [-0.15, -0.1) is 0 Å². The lowest BCUT2D eigenvalue weighted by molar-refractivity contribution is -0.134. The van der Waals surface area contributed by atoms with Crippen molar-refractivity contribution in [2.45, 2.75) is 32.7 Å². The molecule has 0 saturated carbocycles. The van der Waals surface area contributed by atoms with Crippen LogP contribution in [0.1, 0.15) is 30.0 Å². The Morgan fingerprint density at radius 3 is 2.44 bits per heavy atom. The van der Waals surface area contributed by atoms with Crippen LogP contribution in [0.3, 0.4) is 0 Å². The summed E-state index contributed by atoms with van der Waals surface area (Å²) in [6.45, 7) is 3.83. The second-order valence-corrected chi connectivity index (χ2v) is 6.97. The molecule has 4 nitrogen and oxygen atoms in total. The van der Waals surface area contributed by atoms with Crippen molar-refractivity contribution in [3.05, 3.63) is 71.0 Å². The highest BCUT2D eigenvalue weighted by Gasteiger charge is 2.21. The normalized spacial score (nSPS) is 13.2. The number of amides is 2. The summed E-state index contributed by atoms with van der Waals surface area (Å²) in [4.78, 5) is 28.1. The summed E-state index contributed by atoms with van der Waals surface area (Å²) in [5, 5.41) is 0. The summed E-state index contributed by atoms with van der Waals surface area (Å²) in [6.07, 6.45) is 1.85. The third kappa shape index (κ3) is 5.16. The highest BCUT2D eigenvalue weighted by Crippen LogP contribution is 2.19. The molecule has 0 atom stereocenters. The van der Waals surface area contributed by atoms with Crippen molar-refractivity contribution in [3.8, 4) is 0 Å². The molecular formula is C22H25FN2O2. The highest BCUT2D eigenvalue weighted by atomic mass is 19.1. The van der Waals surface area contributed by atoms with Crippen molar-refractivity contribution < 1.29 is 14.0 Å². The second kappa shape index (κ2) is 8.80. The molecule has 0 aliphatic carbocycles. The van der Waals surface area contributed by atoms with Crippen LogP contribution in [0.4, 0.5) is 4.39 Å². The fraction of sp³-hybridized carbons (Fsp3) is 0.364. The lowest BCUT2D eigenvalue weighted by Gasteiger charge is -2.30. The van der Waals surface area contributed by atoms with Crippen molar-refractivity contribution in [1.82, 2.24) is 9.80 Å². The van der Waals surface area contributed by atoms with Crippen molar-refractivity contribution >= 4 is 11.8 Å². The molecule has 0 aromatic heterocycles. The molecule has 1 aliphatic rings. The number of nitrogens with zero attached hydrogens (tertiary/aromatic N) is 2. The molecule has 0 N–H and O–H groups in total. The van der Waals surface area contributed by atoms with Crippen LogP contribution in [0, 0.1) is 5.82 Å². The molecule has 27 heavy (non-hydrogen) atoms. The van der Waals surface area contributed by atoms with Gasteiger partial charge in [0.1, 0.15) is 5.82 Å². The zero-order chi connectivity index (χ0) is 19.2. The van der Waals surface area contributed by atoms with Gasteiger partial charge in [0.15, 0.2) is 0 Å². The Morgan fingerprint density at radius 1 is 1.04 bits per heavy atom. The van der Waals surface area contributed by atoms with Gasteiger partial charge in [-0.05, 0) is 41.7 Å². The number of halogens is 1. The van der Waals surface area contributed by atoms with Crippen LogP contribution in [0.25, 0.3) is 0 Å². The first-order chi connectivity index (χ1) is 13.0. The van der Waals surface area contributed by atoms with E-state index >= 15 is 0 Å². The molecule has 0 bridgehead atoms. The summed E-state index contributed by atoms with van der Waals surface area (Å²) in [5.41, 5.74) is 3.49. The molecule has 2 amide bonds. The van der Waals surface area contributed by atoms with E-state index in [1.807, 2.05) is 17.0 Å². The average Bonchev–Trinajstić information content (AvgIpc) is 2.68. The minimum absolute atomic E-state index is 0.0473. The Kier molecular flexibility index (Phi) is 6.22. The Morgan fingerprint density at radius 2 is 1.74 bits per heavy atom. The molecule has 5 heteroatoms. The van der Waals surface area contributed by atoms with E-state index in [0.29, 0.717) is 32.5 Å². The van der Waals surface area contributed by atoms with Gasteiger partial charge in [-0.1, -0.05) is 36.4 Å². The van der Waals surface area contributed by atoms with Gasteiger partial charge in [0.05, 0.1) is 0 Å². The Labute approximate surface area is 159 Å². The van der Waals surface area contributed by atoms with E-state index in [1.54, 1.807) is 17.0 Å². The van der Waals surface area contributed by atoms with Crippen molar-refractivity contribution in [1.29, 1.82) is 0 Å². The fourth-order valence-corrected chi connectivity index (χ4v) is 3.44. The topological polar surface area (TPSA) is 40.6 Å². The average molecular weight is 368 g/mol. The van der Waals surface area contributed by atoms with E-state index in [1.165, 1.54) is 30.2 Å². The first-order valence-corrected chi connectivity index (χ1v) is 9.37. The third-order valence-electron chi connectivity index (χ3n) is 5.11. The molecule has 0 radical (unpaired) electrons. The van der Waals surface area contributed by atoms with Gasteiger partial charge < -0.3 is 9.80 Å². The number of hydrogen-bond donors (Lipinski definition) is 0. The van der Waals surface area contributed by atoms with Gasteiger partial charge in [0, 0.05) is 39.5 Å². The molecule has 1 heterocycles. The van der Waals surface area contributed by atoms with Crippen LogP contribution in [0.15, 0.2) is 48.5 Å². The standard InChI is InChI=1S/C22H25FN2O2/c1-17(26)24(13-10-18-6-8-21(23)9-7-18)15-12-22(27)25-14-11-19-4-2-3-5-20(19)16-25/h2-9H,10-16H2,1H3. The quantitative estimate of drug-likeness (QED) is 0.786. The lowest BCUT2D eigenvalue weighted by Crippen LogP contribution is -2.39. The molecule has 2 aromatic rings. The zero-order valence-corrected chi connectivity index (χ0v) is 15.7. The van der Waals surface area contributed by atoms with E-state index in [0.717, 1.165) is 18.5 Å². The Balaban J connectivity index is 1.51. The van der Waals surface area contributed by atoms with Crippen molar-refractivity contribution in [2.24, 2.45) is 0 Å². The summed E-state index contributed by atoms with van der Waals surface area (Å²) >= 11 is 0. The molecular weight excluding hydrogens is 343 g/mol. The predicted octanol–water partition coefficient (Wildman–Crippen LogP) is 3.19. The van der Waals surface area contributed by atoms with Gasteiger partial charge in [-0.2, -0.15) is 0 Å². The molecule has 3 rings (SSSR count). The smallest absolute Gasteiger partial charge is 0.224 e. The second-order valence-electron chi connectivity index (χ2n) is 6.97. The fourth-order valence-electron chi connectivity index (χ4n) is 3.44. The van der Waals surface area contributed by atoms with E-state index in [2.05, 4.69) is 12.1 Å². The van der Waals surface area contributed by atoms with Crippen LogP contribution < -0.4 is 0 Å². The van der Waals surface area contributed by atoms with Crippen LogP contribution in [-0.2, 0) is 29.0 Å². The predicted molar refractivity (Wildman–Crippen MR) is 103 cm³/mol. The first kappa shape index (κ1) is 19.1. The maximum Gasteiger partial charge on any atom is 0.224 e. The third-order valence-corrected chi connectivity index (χ3v) is 5.11. The number of carbonyl (C=O) groups is 2. The molecule has 0 fully saturated rings. The summed E-state index contributed by atoms with van der Waals surface area (Å²) < 4.78 is 13.0. The Bertz CT molecular complexity index is 804. The molecule has 0 unspecified atom stereocenters. The van der Waals surface area contributed by atoms with Gasteiger partial charge in [-0.3, -0.25) is 9.59 Å². The van der Waals surface area contributed by atoms with E-state index in [4.69, 9.17) is 0 Å². The number of benzene rings is 2. The minimum Gasteiger partial charge on any atom is -0.342 e. The molecule has 2 aromatic carbocycles. The largest absolute Gasteiger partial charge is 0.342 e. The minimum atomic E-state index is -0.268. The van der Waals surface area contributed by atoms with Gasteiger partial charge in [0.25, 0.3) is 0 Å². The van der Waals surface area contributed by atoms with Gasteiger partial charge in [0.2, 0.25) is 11.8 Å². The summed E-state index contributed by atoms with van der Waals surface area (Å²) in [6, 6.07) is 14.5. The molecule has 0 saturated heterocycles. The van der Waals surface area contributed by atoms with Crippen LogP contribution in [0.5, 0.6) is 0 Å².